The zero-order valence-corrected chi connectivity index (χ0v) is 19.7. The number of nitrogens with one attached hydrogen (secondary N) is 1. The van der Waals surface area contributed by atoms with E-state index in [0.29, 0.717) is 33.2 Å². The minimum atomic E-state index is -3.32. The van der Waals surface area contributed by atoms with Crippen LogP contribution < -0.4 is 20.1 Å². The van der Waals surface area contributed by atoms with Gasteiger partial charge in [0.05, 0.1) is 7.11 Å². The molecular weight excluding hydrogens is 435 g/mol. The molecule has 3 rings (SSSR count). The van der Waals surface area contributed by atoms with Crippen molar-refractivity contribution in [3.8, 4) is 17.2 Å². The molecule has 0 saturated heterocycles. The number of anilines is 1. The fourth-order valence-corrected chi connectivity index (χ4v) is 3.90. The van der Waals surface area contributed by atoms with Crippen LogP contribution in [0, 0.1) is 0 Å². The number of ether oxygens (including phenoxy) is 2. The number of aromatic nitrogens is 1. The lowest BCUT2D eigenvalue weighted by atomic mass is 10.2. The number of benzene rings is 2. The second-order valence-electron chi connectivity index (χ2n) is 6.51. The molecule has 0 saturated carbocycles. The lowest BCUT2D eigenvalue weighted by Gasteiger charge is -2.12. The fourth-order valence-electron chi connectivity index (χ4n) is 2.40. The van der Waals surface area contributed by atoms with Crippen LogP contribution in [0.4, 0.5) is 5.13 Å². The van der Waals surface area contributed by atoms with Gasteiger partial charge in [-0.1, -0.05) is 27.2 Å². The van der Waals surface area contributed by atoms with Gasteiger partial charge in [-0.05, 0) is 36.4 Å². The Kier molecular flexibility index (Phi) is 9.24. The molecule has 1 unspecified atom stereocenters. The summed E-state index contributed by atoms with van der Waals surface area (Å²) in [5, 5.41) is 5.34. The van der Waals surface area contributed by atoms with E-state index in [2.05, 4.69) is 24.1 Å². The molecule has 3 aromatic rings. The maximum Gasteiger partial charge on any atom is 0.257 e. The maximum atomic E-state index is 12.5. The predicted molar refractivity (Wildman–Crippen MR) is 126 cm³/mol. The van der Waals surface area contributed by atoms with E-state index in [-0.39, 0.29) is 12.1 Å². The lowest BCUT2D eigenvalue weighted by molar-refractivity contribution is 0.102. The largest absolute Gasteiger partial charge is 0.497 e. The van der Waals surface area contributed by atoms with Crippen LogP contribution in [0.15, 0.2) is 54.0 Å². The van der Waals surface area contributed by atoms with Crippen molar-refractivity contribution in [3.05, 3.63) is 59.6 Å². The third-order valence-electron chi connectivity index (χ3n) is 3.94. The summed E-state index contributed by atoms with van der Waals surface area (Å²) < 4.78 is 23.1. The first kappa shape index (κ1) is 24.6. The van der Waals surface area contributed by atoms with Crippen molar-refractivity contribution >= 4 is 35.0 Å². The third kappa shape index (κ3) is 7.21. The lowest BCUT2D eigenvalue weighted by Crippen LogP contribution is -2.12. The van der Waals surface area contributed by atoms with Crippen molar-refractivity contribution in [1.29, 1.82) is 0 Å². The van der Waals surface area contributed by atoms with Crippen LogP contribution in [0.3, 0.4) is 0 Å². The first-order chi connectivity index (χ1) is 14.8. The molecule has 0 fully saturated rings. The van der Waals surface area contributed by atoms with Crippen molar-refractivity contribution in [2.24, 2.45) is 0 Å². The summed E-state index contributed by atoms with van der Waals surface area (Å²) in [4.78, 5) is 26.4. The number of hydrogen-bond donors (Lipinski definition) is 2. The molecule has 1 amide bonds. The number of amides is 1. The first-order valence-electron chi connectivity index (χ1n) is 9.83. The molecule has 1 atom stereocenters. The Hall–Kier alpha value is -2.67. The Labute approximate surface area is 186 Å². The van der Waals surface area contributed by atoms with Crippen molar-refractivity contribution in [1.82, 2.24) is 4.98 Å². The SMILES string of the molecule is CCC.CCP(=O)(O)c1ccc(Oc2cc(OC)cc(C(=O)Nc3nccs3)c2)cc1. The van der Waals surface area contributed by atoms with Gasteiger partial charge in [0.1, 0.15) is 17.2 Å². The van der Waals surface area contributed by atoms with Crippen molar-refractivity contribution < 1.29 is 23.7 Å². The van der Waals surface area contributed by atoms with Gasteiger partial charge in [-0.3, -0.25) is 14.7 Å². The molecule has 0 radical (unpaired) electrons. The summed E-state index contributed by atoms with van der Waals surface area (Å²) >= 11 is 1.32. The van der Waals surface area contributed by atoms with Crippen LogP contribution in [0.5, 0.6) is 17.2 Å². The van der Waals surface area contributed by atoms with E-state index in [9.17, 15) is 14.3 Å². The zero-order chi connectivity index (χ0) is 22.9. The Balaban J connectivity index is 0.00000107. The van der Waals surface area contributed by atoms with Gasteiger partial charge in [-0.2, -0.15) is 0 Å². The minimum Gasteiger partial charge on any atom is -0.497 e. The quantitative estimate of drug-likeness (QED) is 0.448. The van der Waals surface area contributed by atoms with E-state index in [4.69, 9.17) is 9.47 Å². The number of methoxy groups -OCH3 is 1. The Morgan fingerprint density at radius 3 is 2.29 bits per heavy atom. The van der Waals surface area contributed by atoms with Gasteiger partial charge in [-0.25, -0.2) is 4.98 Å². The van der Waals surface area contributed by atoms with Crippen LogP contribution in [0.1, 0.15) is 37.6 Å². The number of thiazole rings is 1. The Morgan fingerprint density at radius 1 is 1.10 bits per heavy atom. The monoisotopic (exact) mass is 462 g/mol. The van der Waals surface area contributed by atoms with E-state index in [1.54, 1.807) is 61.0 Å². The van der Waals surface area contributed by atoms with E-state index >= 15 is 0 Å². The molecule has 2 aromatic carbocycles. The van der Waals surface area contributed by atoms with Gasteiger partial charge in [-0.15, -0.1) is 11.3 Å². The summed E-state index contributed by atoms with van der Waals surface area (Å²) in [6, 6.07) is 11.2. The molecular formula is C22H27N2O5PS. The summed E-state index contributed by atoms with van der Waals surface area (Å²) in [6.07, 6.45) is 3.02. The molecule has 31 heavy (non-hydrogen) atoms. The molecule has 2 N–H and O–H groups in total. The molecule has 0 bridgehead atoms. The molecule has 0 aliphatic carbocycles. The first-order valence-corrected chi connectivity index (χ1v) is 12.6. The van der Waals surface area contributed by atoms with Crippen molar-refractivity contribution in [2.75, 3.05) is 18.6 Å². The molecule has 7 nitrogen and oxygen atoms in total. The standard InChI is InChI=1S/C19H19N2O5PS.C3H8/c1-3-27(23,24)17-6-4-14(5-7-17)26-16-11-13(10-15(12-16)25-2)18(22)21-19-20-8-9-28-19;1-3-2/h4-12H,3H2,1-2H3,(H,23,24)(H,20,21,22);3H2,1-2H3. The number of carbonyl (C=O) groups is 1. The highest BCUT2D eigenvalue weighted by Crippen LogP contribution is 2.39. The fraction of sp³-hybridized carbons (Fsp3) is 0.273. The topological polar surface area (TPSA) is 97.8 Å². The summed E-state index contributed by atoms with van der Waals surface area (Å²) in [5.41, 5.74) is 0.354. The smallest absolute Gasteiger partial charge is 0.257 e. The number of carbonyl (C=O) groups excluding carboxylic acids is 1. The second kappa shape index (κ2) is 11.6. The molecule has 166 valence electrons. The van der Waals surface area contributed by atoms with Crippen LogP contribution in [-0.4, -0.2) is 29.1 Å². The van der Waals surface area contributed by atoms with E-state index in [1.807, 2.05) is 0 Å². The highest BCUT2D eigenvalue weighted by atomic mass is 32.1. The Morgan fingerprint density at radius 2 is 1.74 bits per heavy atom. The van der Waals surface area contributed by atoms with E-state index < -0.39 is 7.37 Å². The average molecular weight is 463 g/mol. The summed E-state index contributed by atoms with van der Waals surface area (Å²) in [6.45, 7) is 5.92. The van der Waals surface area contributed by atoms with Crippen LogP contribution in [-0.2, 0) is 4.57 Å². The zero-order valence-electron chi connectivity index (χ0n) is 18.0. The third-order valence-corrected chi connectivity index (χ3v) is 6.59. The molecule has 9 heteroatoms. The number of rotatable bonds is 7. The molecule has 0 aliphatic rings. The second-order valence-corrected chi connectivity index (χ2v) is 9.96. The predicted octanol–water partition coefficient (Wildman–Crippen LogP) is 5.53. The van der Waals surface area contributed by atoms with Gasteiger partial charge >= 0.3 is 0 Å². The van der Waals surface area contributed by atoms with Gasteiger partial charge < -0.3 is 14.4 Å². The number of hydrogen-bond acceptors (Lipinski definition) is 6. The summed E-state index contributed by atoms with van der Waals surface area (Å²) in [5.74, 6) is 1.00. The van der Waals surface area contributed by atoms with Gasteiger partial charge in [0.25, 0.3) is 5.91 Å². The van der Waals surface area contributed by atoms with Gasteiger partial charge in [0.2, 0.25) is 7.37 Å². The normalized spacial score (nSPS) is 12.2. The average Bonchev–Trinajstić information content (AvgIpc) is 3.27. The highest BCUT2D eigenvalue weighted by Gasteiger charge is 2.18. The maximum absolute atomic E-state index is 12.5. The van der Waals surface area contributed by atoms with Crippen LogP contribution in [0.25, 0.3) is 0 Å². The van der Waals surface area contributed by atoms with Crippen LogP contribution in [0.2, 0.25) is 0 Å². The highest BCUT2D eigenvalue weighted by molar-refractivity contribution is 7.66. The van der Waals surface area contributed by atoms with Crippen molar-refractivity contribution in [3.63, 3.8) is 0 Å². The molecule has 0 aliphatic heterocycles. The molecule has 1 aromatic heterocycles. The van der Waals surface area contributed by atoms with Crippen LogP contribution >= 0.6 is 18.7 Å². The molecule has 0 spiro atoms. The van der Waals surface area contributed by atoms with E-state index in [1.165, 1.54) is 24.9 Å². The molecule has 1 heterocycles. The Bertz CT molecular complexity index is 1020. The summed E-state index contributed by atoms with van der Waals surface area (Å²) in [7, 11) is -1.82. The van der Waals surface area contributed by atoms with E-state index in [0.717, 1.165) is 0 Å². The van der Waals surface area contributed by atoms with Gasteiger partial charge in [0.15, 0.2) is 5.13 Å². The minimum absolute atomic E-state index is 0.167. The number of nitrogens with zero attached hydrogens (tertiary/aromatic N) is 1. The van der Waals surface area contributed by atoms with Crippen molar-refractivity contribution in [2.45, 2.75) is 27.2 Å². The van der Waals surface area contributed by atoms with Gasteiger partial charge in [0, 0.05) is 34.7 Å².